The molecule has 0 aliphatic rings. The summed E-state index contributed by atoms with van der Waals surface area (Å²) in [6, 6.07) is 3.85. The summed E-state index contributed by atoms with van der Waals surface area (Å²) in [4.78, 5) is 0. The van der Waals surface area contributed by atoms with Crippen molar-refractivity contribution >= 4 is 0 Å². The second-order valence-corrected chi connectivity index (χ2v) is 3.70. The van der Waals surface area contributed by atoms with Gasteiger partial charge in [0.15, 0.2) is 5.76 Å². The number of nitrogens with one attached hydrogen (secondary N) is 1. The van der Waals surface area contributed by atoms with Crippen LogP contribution in [-0.4, -0.2) is 21.5 Å². The summed E-state index contributed by atoms with van der Waals surface area (Å²) in [5.74, 6) is 0.758. The van der Waals surface area contributed by atoms with Gasteiger partial charge in [0.2, 0.25) is 0 Å². The van der Waals surface area contributed by atoms with E-state index in [0.29, 0.717) is 0 Å². The monoisotopic (exact) mass is 220 g/mol. The van der Waals surface area contributed by atoms with Crippen molar-refractivity contribution in [1.29, 1.82) is 0 Å². The predicted molar refractivity (Wildman–Crippen MR) is 60.7 cm³/mol. The maximum Gasteiger partial charge on any atom is 0.185 e. The van der Waals surface area contributed by atoms with Crippen LogP contribution in [0.1, 0.15) is 19.0 Å². The average molecular weight is 220 g/mol. The molecular formula is C11H16N4O. The van der Waals surface area contributed by atoms with E-state index in [4.69, 9.17) is 4.52 Å². The highest BCUT2D eigenvalue weighted by Crippen LogP contribution is 2.18. The van der Waals surface area contributed by atoms with Crippen molar-refractivity contribution < 1.29 is 4.52 Å². The zero-order valence-electron chi connectivity index (χ0n) is 9.60. The second-order valence-electron chi connectivity index (χ2n) is 3.70. The largest absolute Gasteiger partial charge is 0.354 e. The third-order valence-corrected chi connectivity index (χ3v) is 2.37. The molecule has 0 saturated carbocycles. The SMILES string of the molecule is CCCNCc1cc(-c2ccnn2C)on1. The minimum Gasteiger partial charge on any atom is -0.354 e. The molecule has 0 unspecified atom stereocenters. The Morgan fingerprint density at radius 2 is 2.38 bits per heavy atom. The van der Waals surface area contributed by atoms with Gasteiger partial charge in [0.1, 0.15) is 5.69 Å². The van der Waals surface area contributed by atoms with Crippen molar-refractivity contribution in [1.82, 2.24) is 20.3 Å². The van der Waals surface area contributed by atoms with Crippen LogP contribution in [0, 0.1) is 0 Å². The van der Waals surface area contributed by atoms with Crippen molar-refractivity contribution in [2.75, 3.05) is 6.54 Å². The van der Waals surface area contributed by atoms with Gasteiger partial charge in [-0.15, -0.1) is 0 Å². The smallest absolute Gasteiger partial charge is 0.185 e. The van der Waals surface area contributed by atoms with Crippen molar-refractivity contribution in [3.8, 4) is 11.5 Å². The van der Waals surface area contributed by atoms with Crippen LogP contribution in [-0.2, 0) is 13.6 Å². The van der Waals surface area contributed by atoms with Gasteiger partial charge in [0.25, 0.3) is 0 Å². The highest BCUT2D eigenvalue weighted by molar-refractivity contribution is 5.51. The molecule has 0 radical (unpaired) electrons. The Labute approximate surface area is 94.4 Å². The molecule has 2 aromatic rings. The molecule has 2 aromatic heterocycles. The predicted octanol–water partition coefficient (Wildman–Crippen LogP) is 1.57. The highest BCUT2D eigenvalue weighted by Gasteiger charge is 2.09. The molecule has 2 rings (SSSR count). The van der Waals surface area contributed by atoms with E-state index < -0.39 is 0 Å². The number of aromatic nitrogens is 3. The molecule has 0 fully saturated rings. The summed E-state index contributed by atoms with van der Waals surface area (Å²) in [5, 5.41) is 11.4. The van der Waals surface area contributed by atoms with Crippen LogP contribution >= 0.6 is 0 Å². The lowest BCUT2D eigenvalue weighted by atomic mass is 10.3. The Kier molecular flexibility index (Phi) is 3.36. The van der Waals surface area contributed by atoms with E-state index in [9.17, 15) is 0 Å². The molecular weight excluding hydrogens is 204 g/mol. The van der Waals surface area contributed by atoms with Gasteiger partial charge < -0.3 is 9.84 Å². The van der Waals surface area contributed by atoms with Crippen molar-refractivity contribution in [2.24, 2.45) is 7.05 Å². The van der Waals surface area contributed by atoms with Gasteiger partial charge in [-0.2, -0.15) is 5.10 Å². The molecule has 0 atom stereocenters. The first kappa shape index (κ1) is 10.9. The molecule has 0 aliphatic carbocycles. The van der Waals surface area contributed by atoms with Crippen molar-refractivity contribution in [2.45, 2.75) is 19.9 Å². The van der Waals surface area contributed by atoms with Crippen LogP contribution < -0.4 is 5.32 Å². The van der Waals surface area contributed by atoms with E-state index in [1.54, 1.807) is 10.9 Å². The molecule has 5 nitrogen and oxygen atoms in total. The first-order valence-corrected chi connectivity index (χ1v) is 5.46. The van der Waals surface area contributed by atoms with Gasteiger partial charge in [0.05, 0.1) is 5.69 Å². The Morgan fingerprint density at radius 3 is 3.06 bits per heavy atom. The Hall–Kier alpha value is -1.62. The minimum atomic E-state index is 0.745. The van der Waals surface area contributed by atoms with E-state index in [0.717, 1.165) is 36.7 Å². The highest BCUT2D eigenvalue weighted by atomic mass is 16.5. The number of hydrogen-bond donors (Lipinski definition) is 1. The summed E-state index contributed by atoms with van der Waals surface area (Å²) in [7, 11) is 1.88. The van der Waals surface area contributed by atoms with E-state index >= 15 is 0 Å². The summed E-state index contributed by atoms with van der Waals surface area (Å²) in [6.45, 7) is 3.87. The van der Waals surface area contributed by atoms with E-state index in [-0.39, 0.29) is 0 Å². The van der Waals surface area contributed by atoms with Crippen LogP contribution in [0.15, 0.2) is 22.9 Å². The van der Waals surface area contributed by atoms with Gasteiger partial charge >= 0.3 is 0 Å². The molecule has 1 N–H and O–H groups in total. The molecule has 0 aliphatic heterocycles. The number of rotatable bonds is 5. The lowest BCUT2D eigenvalue weighted by molar-refractivity contribution is 0.417. The van der Waals surface area contributed by atoms with Crippen LogP contribution in [0.3, 0.4) is 0 Å². The molecule has 0 amide bonds. The number of aryl methyl sites for hydroxylation is 1. The van der Waals surface area contributed by atoms with Crippen LogP contribution in [0.2, 0.25) is 0 Å². The number of hydrogen-bond acceptors (Lipinski definition) is 4. The first-order valence-electron chi connectivity index (χ1n) is 5.46. The van der Waals surface area contributed by atoms with Gasteiger partial charge in [-0.05, 0) is 19.0 Å². The van der Waals surface area contributed by atoms with Crippen molar-refractivity contribution in [3.63, 3.8) is 0 Å². The van der Waals surface area contributed by atoms with E-state index in [2.05, 4.69) is 22.5 Å². The van der Waals surface area contributed by atoms with E-state index in [1.807, 2.05) is 19.2 Å². The van der Waals surface area contributed by atoms with Crippen molar-refractivity contribution in [3.05, 3.63) is 24.0 Å². The standard InChI is InChI=1S/C11H16N4O/c1-3-5-12-8-9-7-11(16-14-9)10-4-6-13-15(10)2/h4,6-7,12H,3,5,8H2,1-2H3. The molecule has 0 aromatic carbocycles. The fourth-order valence-electron chi connectivity index (χ4n) is 1.52. The quantitative estimate of drug-likeness (QED) is 0.777. The third-order valence-electron chi connectivity index (χ3n) is 2.37. The van der Waals surface area contributed by atoms with Gasteiger partial charge in [0, 0.05) is 25.9 Å². The van der Waals surface area contributed by atoms with E-state index in [1.165, 1.54) is 0 Å². The zero-order chi connectivity index (χ0) is 11.4. The first-order chi connectivity index (χ1) is 7.81. The Balaban J connectivity index is 2.05. The van der Waals surface area contributed by atoms with Gasteiger partial charge in [-0.1, -0.05) is 12.1 Å². The molecule has 5 heteroatoms. The lowest BCUT2D eigenvalue weighted by Crippen LogP contribution is -2.13. The minimum absolute atomic E-state index is 0.745. The van der Waals surface area contributed by atoms with Crippen LogP contribution in [0.4, 0.5) is 0 Å². The normalized spacial score (nSPS) is 10.9. The van der Waals surface area contributed by atoms with Crippen LogP contribution in [0.25, 0.3) is 11.5 Å². The topological polar surface area (TPSA) is 55.9 Å². The second kappa shape index (κ2) is 4.94. The van der Waals surface area contributed by atoms with Crippen LogP contribution in [0.5, 0.6) is 0 Å². The molecule has 2 heterocycles. The molecule has 86 valence electrons. The van der Waals surface area contributed by atoms with Gasteiger partial charge in [-0.3, -0.25) is 4.68 Å². The summed E-state index contributed by atoms with van der Waals surface area (Å²) in [5.41, 5.74) is 1.86. The maximum absolute atomic E-state index is 5.27. The fraction of sp³-hybridized carbons (Fsp3) is 0.455. The van der Waals surface area contributed by atoms with Gasteiger partial charge in [-0.25, -0.2) is 0 Å². The Bertz CT molecular complexity index is 446. The lowest BCUT2D eigenvalue weighted by Gasteiger charge is -1.96. The molecule has 0 saturated heterocycles. The average Bonchev–Trinajstić information content (AvgIpc) is 2.87. The summed E-state index contributed by atoms with van der Waals surface area (Å²) >= 11 is 0. The molecule has 0 bridgehead atoms. The summed E-state index contributed by atoms with van der Waals surface area (Å²) in [6.07, 6.45) is 2.86. The zero-order valence-corrected chi connectivity index (χ0v) is 9.60. The maximum atomic E-state index is 5.27. The molecule has 16 heavy (non-hydrogen) atoms. The third kappa shape index (κ3) is 2.30. The number of nitrogens with zero attached hydrogens (tertiary/aromatic N) is 3. The molecule has 0 spiro atoms. The fourth-order valence-corrected chi connectivity index (χ4v) is 1.52. The summed E-state index contributed by atoms with van der Waals surface area (Å²) < 4.78 is 7.04. The Morgan fingerprint density at radius 1 is 1.50 bits per heavy atom.